The molecule has 0 aromatic heterocycles. The molecule has 0 aliphatic heterocycles. The molecule has 0 bridgehead atoms. The van der Waals surface area contributed by atoms with Gasteiger partial charge in [0.25, 0.3) is 0 Å². The molecule has 4 heteroatoms. The molecule has 0 heterocycles. The Labute approximate surface area is 122 Å². The fraction of sp³-hybridized carbons (Fsp3) is 0.235. The topological polar surface area (TPSA) is 37.3 Å². The Balaban J connectivity index is 2.20. The second-order valence-corrected chi connectivity index (χ2v) is 5.15. The SMILES string of the molecule is Cc1cccc(CC(Cc2cccc(F)c2F)C(=O)O)c1. The first-order valence-electron chi connectivity index (χ1n) is 6.68. The van der Waals surface area contributed by atoms with Crippen LogP contribution in [-0.2, 0) is 17.6 Å². The molecule has 0 radical (unpaired) electrons. The van der Waals surface area contributed by atoms with Gasteiger partial charge in [0, 0.05) is 0 Å². The molecule has 2 rings (SSSR count). The van der Waals surface area contributed by atoms with Crippen molar-refractivity contribution in [1.29, 1.82) is 0 Å². The van der Waals surface area contributed by atoms with Crippen LogP contribution in [0.5, 0.6) is 0 Å². The van der Waals surface area contributed by atoms with Crippen LogP contribution in [0.4, 0.5) is 8.78 Å². The summed E-state index contributed by atoms with van der Waals surface area (Å²) in [6.07, 6.45) is 0.250. The van der Waals surface area contributed by atoms with Gasteiger partial charge in [-0.3, -0.25) is 4.79 Å². The molecule has 0 spiro atoms. The maximum absolute atomic E-state index is 13.7. The van der Waals surface area contributed by atoms with E-state index in [9.17, 15) is 18.7 Å². The van der Waals surface area contributed by atoms with Gasteiger partial charge < -0.3 is 5.11 Å². The Morgan fingerprint density at radius 2 is 1.86 bits per heavy atom. The van der Waals surface area contributed by atoms with Gasteiger partial charge in [-0.2, -0.15) is 0 Å². The zero-order valence-corrected chi connectivity index (χ0v) is 11.6. The highest BCUT2D eigenvalue weighted by Gasteiger charge is 2.21. The highest BCUT2D eigenvalue weighted by atomic mass is 19.2. The number of carboxylic acids is 1. The Bertz CT molecular complexity index is 653. The second kappa shape index (κ2) is 6.48. The van der Waals surface area contributed by atoms with Crippen LogP contribution in [0.2, 0.25) is 0 Å². The van der Waals surface area contributed by atoms with E-state index in [1.54, 1.807) is 0 Å². The number of aryl methyl sites for hydroxylation is 1. The molecule has 0 fully saturated rings. The molecule has 1 unspecified atom stereocenters. The lowest BCUT2D eigenvalue weighted by molar-refractivity contribution is -0.141. The van der Waals surface area contributed by atoms with E-state index in [0.29, 0.717) is 0 Å². The maximum Gasteiger partial charge on any atom is 0.307 e. The number of carboxylic acid groups (broad SMARTS) is 1. The van der Waals surface area contributed by atoms with Crippen LogP contribution in [0, 0.1) is 24.5 Å². The molecule has 1 atom stereocenters. The highest BCUT2D eigenvalue weighted by molar-refractivity contribution is 5.71. The molecule has 0 aliphatic carbocycles. The largest absolute Gasteiger partial charge is 0.481 e. The highest BCUT2D eigenvalue weighted by Crippen LogP contribution is 2.19. The first-order valence-corrected chi connectivity index (χ1v) is 6.68. The van der Waals surface area contributed by atoms with Gasteiger partial charge in [-0.15, -0.1) is 0 Å². The van der Waals surface area contributed by atoms with E-state index in [1.807, 2.05) is 31.2 Å². The van der Waals surface area contributed by atoms with Crippen molar-refractivity contribution >= 4 is 5.97 Å². The van der Waals surface area contributed by atoms with Crippen molar-refractivity contribution in [3.63, 3.8) is 0 Å². The summed E-state index contributed by atoms with van der Waals surface area (Å²) < 4.78 is 26.8. The lowest BCUT2D eigenvalue weighted by atomic mass is 9.92. The molecule has 2 nitrogen and oxygen atoms in total. The number of halogens is 2. The summed E-state index contributed by atoms with van der Waals surface area (Å²) in [5, 5.41) is 9.31. The summed E-state index contributed by atoms with van der Waals surface area (Å²) >= 11 is 0. The van der Waals surface area contributed by atoms with E-state index >= 15 is 0 Å². The lowest BCUT2D eigenvalue weighted by Crippen LogP contribution is -2.20. The smallest absolute Gasteiger partial charge is 0.307 e. The third-order valence-corrected chi connectivity index (χ3v) is 3.41. The molecule has 1 N–H and O–H groups in total. The van der Waals surface area contributed by atoms with Gasteiger partial charge in [-0.1, -0.05) is 42.0 Å². The van der Waals surface area contributed by atoms with Gasteiger partial charge in [0.05, 0.1) is 5.92 Å². The molecule has 0 amide bonds. The zero-order chi connectivity index (χ0) is 15.4. The van der Waals surface area contributed by atoms with E-state index in [-0.39, 0.29) is 18.4 Å². The standard InChI is InChI=1S/C17H16F2O2/c1-11-4-2-5-12(8-11)9-14(17(20)21)10-13-6-3-7-15(18)16(13)19/h2-8,14H,9-10H2,1H3,(H,20,21). The Kier molecular flexibility index (Phi) is 4.68. The van der Waals surface area contributed by atoms with Crippen molar-refractivity contribution in [3.05, 3.63) is 70.8 Å². The van der Waals surface area contributed by atoms with E-state index in [0.717, 1.165) is 17.2 Å². The zero-order valence-electron chi connectivity index (χ0n) is 11.6. The Morgan fingerprint density at radius 3 is 2.52 bits per heavy atom. The summed E-state index contributed by atoms with van der Waals surface area (Å²) in [6.45, 7) is 1.92. The third kappa shape index (κ3) is 3.88. The number of aliphatic carboxylic acids is 1. The number of hydrogen-bond donors (Lipinski definition) is 1. The van der Waals surface area contributed by atoms with Crippen LogP contribution >= 0.6 is 0 Å². The molecule has 0 aliphatic rings. The van der Waals surface area contributed by atoms with E-state index in [1.165, 1.54) is 12.1 Å². The average molecular weight is 290 g/mol. The summed E-state index contributed by atoms with van der Waals surface area (Å²) in [5.41, 5.74) is 2.00. The van der Waals surface area contributed by atoms with E-state index in [2.05, 4.69) is 0 Å². The normalized spacial score (nSPS) is 12.1. The molecule has 21 heavy (non-hydrogen) atoms. The van der Waals surface area contributed by atoms with Crippen LogP contribution in [0.1, 0.15) is 16.7 Å². The molecular weight excluding hydrogens is 274 g/mol. The van der Waals surface area contributed by atoms with Crippen molar-refractivity contribution in [1.82, 2.24) is 0 Å². The van der Waals surface area contributed by atoms with Crippen molar-refractivity contribution in [3.8, 4) is 0 Å². The first-order chi connectivity index (χ1) is 9.97. The van der Waals surface area contributed by atoms with Crippen LogP contribution < -0.4 is 0 Å². The van der Waals surface area contributed by atoms with Gasteiger partial charge in [0.15, 0.2) is 11.6 Å². The van der Waals surface area contributed by atoms with Crippen molar-refractivity contribution in [2.75, 3.05) is 0 Å². The predicted molar refractivity (Wildman–Crippen MR) is 76.1 cm³/mol. The summed E-state index contributed by atoms with van der Waals surface area (Å²) in [7, 11) is 0. The van der Waals surface area contributed by atoms with Crippen LogP contribution in [0.3, 0.4) is 0 Å². The summed E-state index contributed by atoms with van der Waals surface area (Å²) in [5.74, 6) is -3.72. The fourth-order valence-electron chi connectivity index (χ4n) is 2.34. The minimum atomic E-state index is -1.01. The lowest BCUT2D eigenvalue weighted by Gasteiger charge is -2.13. The predicted octanol–water partition coefficient (Wildman–Crippen LogP) is 3.76. The minimum absolute atomic E-state index is 0.0349. The van der Waals surface area contributed by atoms with Crippen molar-refractivity contribution in [2.45, 2.75) is 19.8 Å². The number of carbonyl (C=O) groups is 1. The molecule has 0 saturated carbocycles. The van der Waals surface area contributed by atoms with Gasteiger partial charge in [0.2, 0.25) is 0 Å². The minimum Gasteiger partial charge on any atom is -0.481 e. The van der Waals surface area contributed by atoms with Gasteiger partial charge >= 0.3 is 5.97 Å². The van der Waals surface area contributed by atoms with E-state index in [4.69, 9.17) is 0 Å². The van der Waals surface area contributed by atoms with E-state index < -0.39 is 23.5 Å². The van der Waals surface area contributed by atoms with Gasteiger partial charge in [-0.25, -0.2) is 8.78 Å². The van der Waals surface area contributed by atoms with Gasteiger partial charge in [-0.05, 0) is 37.0 Å². The van der Waals surface area contributed by atoms with Crippen LogP contribution in [-0.4, -0.2) is 11.1 Å². The quantitative estimate of drug-likeness (QED) is 0.910. The van der Waals surface area contributed by atoms with Gasteiger partial charge in [0.1, 0.15) is 0 Å². The maximum atomic E-state index is 13.7. The number of hydrogen-bond acceptors (Lipinski definition) is 1. The molecule has 110 valence electrons. The Hall–Kier alpha value is -2.23. The van der Waals surface area contributed by atoms with Crippen molar-refractivity contribution < 1.29 is 18.7 Å². The summed E-state index contributed by atoms with van der Waals surface area (Å²) in [6, 6.07) is 11.3. The number of rotatable bonds is 5. The number of benzene rings is 2. The van der Waals surface area contributed by atoms with Crippen LogP contribution in [0.25, 0.3) is 0 Å². The summed E-state index contributed by atoms with van der Waals surface area (Å²) in [4.78, 5) is 11.4. The average Bonchev–Trinajstić information content (AvgIpc) is 2.43. The van der Waals surface area contributed by atoms with Crippen molar-refractivity contribution in [2.24, 2.45) is 5.92 Å². The Morgan fingerprint density at radius 1 is 1.14 bits per heavy atom. The molecule has 0 saturated heterocycles. The second-order valence-electron chi connectivity index (χ2n) is 5.15. The third-order valence-electron chi connectivity index (χ3n) is 3.41. The van der Waals surface area contributed by atoms with Crippen LogP contribution in [0.15, 0.2) is 42.5 Å². The first kappa shape index (κ1) is 15.2. The monoisotopic (exact) mass is 290 g/mol. The fourth-order valence-corrected chi connectivity index (χ4v) is 2.34. The molecule has 2 aromatic carbocycles. The molecule has 2 aromatic rings. The molecular formula is C17H16F2O2.